The molecule has 0 aliphatic rings. The Hall–Kier alpha value is -1.49. The molecule has 0 radical (unpaired) electrons. The highest BCUT2D eigenvalue weighted by Gasteiger charge is 2.15. The summed E-state index contributed by atoms with van der Waals surface area (Å²) >= 11 is 0. The van der Waals surface area contributed by atoms with Gasteiger partial charge in [-0.05, 0) is 24.5 Å². The predicted molar refractivity (Wildman–Crippen MR) is 62.4 cm³/mol. The maximum Gasteiger partial charge on any atom is 0.241 e. The van der Waals surface area contributed by atoms with E-state index in [-0.39, 0.29) is 11.6 Å². The van der Waals surface area contributed by atoms with Crippen molar-refractivity contribution in [1.29, 1.82) is 0 Å². The molecule has 0 fully saturated rings. The van der Waals surface area contributed by atoms with Crippen molar-refractivity contribution in [3.63, 3.8) is 0 Å². The smallest absolute Gasteiger partial charge is 0.241 e. The lowest BCUT2D eigenvalue weighted by Gasteiger charge is -2.14. The van der Waals surface area contributed by atoms with E-state index in [1.165, 1.54) is 0 Å². The Labute approximate surface area is 99.0 Å². The van der Waals surface area contributed by atoms with E-state index < -0.39 is 23.6 Å². The first-order valence-corrected chi connectivity index (χ1v) is 5.41. The molecule has 94 valence electrons. The van der Waals surface area contributed by atoms with Gasteiger partial charge in [-0.15, -0.1) is 0 Å². The summed E-state index contributed by atoms with van der Waals surface area (Å²) in [4.78, 5) is 11.6. The number of hydrogen-bond donors (Lipinski definition) is 2. The second-order valence-corrected chi connectivity index (χ2v) is 4.38. The molecule has 1 amide bonds. The highest BCUT2D eigenvalue weighted by molar-refractivity contribution is 5.94. The van der Waals surface area contributed by atoms with Crippen molar-refractivity contribution >= 4 is 11.6 Å². The fourth-order valence-electron chi connectivity index (χ4n) is 1.48. The lowest BCUT2D eigenvalue weighted by molar-refractivity contribution is -0.117. The lowest BCUT2D eigenvalue weighted by atomic mass is 10.0. The average molecular weight is 242 g/mol. The van der Waals surface area contributed by atoms with Gasteiger partial charge in [0.2, 0.25) is 5.91 Å². The van der Waals surface area contributed by atoms with Crippen LogP contribution in [0.15, 0.2) is 18.2 Å². The third-order valence-electron chi connectivity index (χ3n) is 2.19. The predicted octanol–water partition coefficient (Wildman–Crippen LogP) is 2.28. The van der Waals surface area contributed by atoms with Gasteiger partial charge in [0.15, 0.2) is 0 Å². The van der Waals surface area contributed by atoms with Gasteiger partial charge in [0.25, 0.3) is 0 Å². The van der Waals surface area contributed by atoms with E-state index in [0.717, 1.165) is 18.2 Å². The molecule has 5 heteroatoms. The van der Waals surface area contributed by atoms with Crippen LogP contribution in [0.2, 0.25) is 0 Å². The van der Waals surface area contributed by atoms with Crippen molar-refractivity contribution in [2.45, 2.75) is 26.3 Å². The number of nitrogens with one attached hydrogen (secondary N) is 1. The molecule has 1 aromatic rings. The Bertz CT molecular complexity index is 387. The number of benzene rings is 1. The summed E-state index contributed by atoms with van der Waals surface area (Å²) in [7, 11) is 0. The number of carbonyl (C=O) groups is 1. The normalized spacial score (nSPS) is 12.6. The van der Waals surface area contributed by atoms with Gasteiger partial charge in [-0.3, -0.25) is 4.79 Å². The van der Waals surface area contributed by atoms with Crippen LogP contribution in [-0.2, 0) is 4.79 Å². The highest BCUT2D eigenvalue weighted by Crippen LogP contribution is 2.13. The summed E-state index contributed by atoms with van der Waals surface area (Å²) in [5.74, 6) is -1.64. The van der Waals surface area contributed by atoms with E-state index in [4.69, 9.17) is 5.73 Å². The Morgan fingerprint density at radius 3 is 2.29 bits per heavy atom. The van der Waals surface area contributed by atoms with Gasteiger partial charge >= 0.3 is 0 Å². The van der Waals surface area contributed by atoms with Crippen LogP contribution in [0.3, 0.4) is 0 Å². The molecule has 1 aromatic carbocycles. The summed E-state index contributed by atoms with van der Waals surface area (Å²) < 4.78 is 25.7. The van der Waals surface area contributed by atoms with Crippen molar-refractivity contribution in [3.05, 3.63) is 29.8 Å². The van der Waals surface area contributed by atoms with E-state index in [2.05, 4.69) is 5.32 Å². The molecular weight excluding hydrogens is 226 g/mol. The van der Waals surface area contributed by atoms with Crippen LogP contribution in [0.5, 0.6) is 0 Å². The van der Waals surface area contributed by atoms with Crippen LogP contribution in [0, 0.1) is 17.6 Å². The first-order valence-electron chi connectivity index (χ1n) is 5.41. The number of carbonyl (C=O) groups excluding carboxylic acids is 1. The summed E-state index contributed by atoms with van der Waals surface area (Å²) in [6.07, 6.45) is 0.517. The summed E-state index contributed by atoms with van der Waals surface area (Å²) in [5.41, 5.74) is 5.72. The van der Waals surface area contributed by atoms with Crippen LogP contribution < -0.4 is 11.1 Å². The van der Waals surface area contributed by atoms with E-state index in [9.17, 15) is 13.6 Å². The van der Waals surface area contributed by atoms with Gasteiger partial charge in [0, 0.05) is 11.8 Å². The summed E-state index contributed by atoms with van der Waals surface area (Å²) in [6, 6.07) is 2.15. The molecule has 0 heterocycles. The van der Waals surface area contributed by atoms with Crippen molar-refractivity contribution in [2.75, 3.05) is 5.32 Å². The van der Waals surface area contributed by atoms with Gasteiger partial charge in [-0.25, -0.2) is 8.78 Å². The Morgan fingerprint density at radius 2 is 1.82 bits per heavy atom. The molecule has 0 aromatic heterocycles. The summed E-state index contributed by atoms with van der Waals surface area (Å²) in [6.45, 7) is 3.88. The topological polar surface area (TPSA) is 55.1 Å². The zero-order valence-electron chi connectivity index (χ0n) is 9.84. The van der Waals surface area contributed by atoms with Gasteiger partial charge < -0.3 is 11.1 Å². The van der Waals surface area contributed by atoms with Crippen molar-refractivity contribution < 1.29 is 13.6 Å². The van der Waals surface area contributed by atoms with E-state index in [1.807, 2.05) is 13.8 Å². The third-order valence-corrected chi connectivity index (χ3v) is 2.19. The minimum Gasteiger partial charge on any atom is -0.325 e. The Kier molecular flexibility index (Phi) is 4.57. The van der Waals surface area contributed by atoms with Crippen LogP contribution in [0.4, 0.5) is 14.5 Å². The van der Waals surface area contributed by atoms with Crippen molar-refractivity contribution in [2.24, 2.45) is 11.7 Å². The fraction of sp³-hybridized carbons (Fsp3) is 0.417. The van der Waals surface area contributed by atoms with Gasteiger partial charge in [-0.1, -0.05) is 13.8 Å². The molecule has 0 unspecified atom stereocenters. The zero-order valence-corrected chi connectivity index (χ0v) is 9.84. The van der Waals surface area contributed by atoms with Crippen LogP contribution in [0.1, 0.15) is 20.3 Å². The zero-order chi connectivity index (χ0) is 13.0. The van der Waals surface area contributed by atoms with E-state index >= 15 is 0 Å². The molecule has 0 bridgehead atoms. The second-order valence-electron chi connectivity index (χ2n) is 4.38. The first kappa shape index (κ1) is 13.6. The Balaban J connectivity index is 2.67. The summed E-state index contributed by atoms with van der Waals surface area (Å²) in [5, 5.41) is 2.38. The molecule has 3 N–H and O–H groups in total. The standard InChI is InChI=1S/C12H16F2N2O/c1-7(2)3-11(15)12(17)16-10-5-8(13)4-9(14)6-10/h4-7,11H,3,15H2,1-2H3,(H,16,17)/t11-/m1/s1. The van der Waals surface area contributed by atoms with Crippen LogP contribution >= 0.6 is 0 Å². The number of amides is 1. The molecule has 0 saturated heterocycles. The van der Waals surface area contributed by atoms with Gasteiger partial charge in [0.05, 0.1) is 6.04 Å². The van der Waals surface area contributed by atoms with Crippen LogP contribution in [-0.4, -0.2) is 11.9 Å². The van der Waals surface area contributed by atoms with E-state index in [0.29, 0.717) is 6.42 Å². The largest absolute Gasteiger partial charge is 0.325 e. The molecule has 0 saturated carbocycles. The molecular formula is C12H16F2N2O. The molecule has 0 spiro atoms. The number of nitrogens with two attached hydrogens (primary N) is 1. The van der Waals surface area contributed by atoms with Gasteiger partial charge in [-0.2, -0.15) is 0 Å². The number of halogens is 2. The average Bonchev–Trinajstić information content (AvgIpc) is 2.14. The monoisotopic (exact) mass is 242 g/mol. The maximum absolute atomic E-state index is 12.9. The molecule has 17 heavy (non-hydrogen) atoms. The SMILES string of the molecule is CC(C)C[C@@H](N)C(=O)Nc1cc(F)cc(F)c1. The third kappa shape index (κ3) is 4.48. The van der Waals surface area contributed by atoms with Crippen molar-refractivity contribution in [3.8, 4) is 0 Å². The minimum atomic E-state index is -0.738. The maximum atomic E-state index is 12.9. The number of hydrogen-bond acceptors (Lipinski definition) is 2. The lowest BCUT2D eigenvalue weighted by Crippen LogP contribution is -2.36. The number of anilines is 1. The molecule has 3 nitrogen and oxygen atoms in total. The molecule has 0 aliphatic heterocycles. The minimum absolute atomic E-state index is 0.0757. The molecule has 1 rings (SSSR count). The van der Waals surface area contributed by atoms with Crippen LogP contribution in [0.25, 0.3) is 0 Å². The molecule has 0 aliphatic carbocycles. The fourth-order valence-corrected chi connectivity index (χ4v) is 1.48. The molecule has 1 atom stereocenters. The van der Waals surface area contributed by atoms with E-state index in [1.54, 1.807) is 0 Å². The van der Waals surface area contributed by atoms with Gasteiger partial charge in [0.1, 0.15) is 11.6 Å². The highest BCUT2D eigenvalue weighted by atomic mass is 19.1. The quantitative estimate of drug-likeness (QED) is 0.851. The van der Waals surface area contributed by atoms with Crippen molar-refractivity contribution in [1.82, 2.24) is 0 Å². The first-order chi connectivity index (χ1) is 7.88. The Morgan fingerprint density at radius 1 is 1.29 bits per heavy atom. The number of rotatable bonds is 4. The second kappa shape index (κ2) is 5.72.